The molecular weight excluding hydrogens is 310 g/mol. The van der Waals surface area contributed by atoms with Gasteiger partial charge in [-0.1, -0.05) is 20.3 Å². The summed E-state index contributed by atoms with van der Waals surface area (Å²) in [5.41, 5.74) is 0. The van der Waals surface area contributed by atoms with Crippen molar-refractivity contribution in [2.75, 3.05) is 37.7 Å². The molecule has 0 radical (unpaired) electrons. The van der Waals surface area contributed by atoms with Gasteiger partial charge in [0.05, 0.1) is 0 Å². The predicted octanol–water partition coefficient (Wildman–Crippen LogP) is 0.148. The Balaban J connectivity index is 2.06. The Morgan fingerprint density at radius 2 is 1.86 bits per heavy atom. The first-order valence-electron chi connectivity index (χ1n) is 7.76. The molecule has 0 spiro atoms. The summed E-state index contributed by atoms with van der Waals surface area (Å²) in [7, 11) is -4.27. The van der Waals surface area contributed by atoms with Crippen LogP contribution in [0.2, 0.25) is 0 Å². The molecule has 2 rings (SSSR count). The molecule has 0 aromatic carbocycles. The standard InChI is InChI=1S/C13H27N3O3S2/c1-12(2)14-11-13-5-3-4-6-16(13)21(18,19)15-7-9-20(17)10-8-15/h12-14H,3-11H2,1-2H3. The van der Waals surface area contributed by atoms with Crippen molar-refractivity contribution < 1.29 is 12.6 Å². The van der Waals surface area contributed by atoms with Gasteiger partial charge in [0.2, 0.25) is 0 Å². The van der Waals surface area contributed by atoms with Crippen LogP contribution in [0.25, 0.3) is 0 Å². The maximum absolute atomic E-state index is 12.8. The van der Waals surface area contributed by atoms with Gasteiger partial charge in [-0.2, -0.15) is 17.0 Å². The van der Waals surface area contributed by atoms with Crippen LogP contribution >= 0.6 is 0 Å². The van der Waals surface area contributed by atoms with Crippen molar-refractivity contribution in [2.45, 2.75) is 45.2 Å². The SMILES string of the molecule is CC(C)NCC1CCCCN1S(=O)(=O)N1CCS(=O)CC1. The van der Waals surface area contributed by atoms with E-state index in [2.05, 4.69) is 19.2 Å². The summed E-state index contributed by atoms with van der Waals surface area (Å²) in [6.07, 6.45) is 2.93. The van der Waals surface area contributed by atoms with Crippen molar-refractivity contribution in [3.63, 3.8) is 0 Å². The van der Waals surface area contributed by atoms with Crippen LogP contribution in [0.15, 0.2) is 0 Å². The average Bonchev–Trinajstić information content (AvgIpc) is 2.46. The van der Waals surface area contributed by atoms with Crippen LogP contribution in [0.4, 0.5) is 0 Å². The molecule has 0 aliphatic carbocycles. The van der Waals surface area contributed by atoms with E-state index >= 15 is 0 Å². The molecule has 0 aromatic heterocycles. The van der Waals surface area contributed by atoms with Crippen LogP contribution in [0.3, 0.4) is 0 Å². The smallest absolute Gasteiger partial charge is 0.282 e. The zero-order valence-corrected chi connectivity index (χ0v) is 14.6. The number of hydrogen-bond donors (Lipinski definition) is 1. The third-order valence-corrected chi connectivity index (χ3v) is 7.46. The molecule has 124 valence electrons. The van der Waals surface area contributed by atoms with E-state index in [0.717, 1.165) is 19.3 Å². The van der Waals surface area contributed by atoms with Crippen LogP contribution in [-0.4, -0.2) is 71.0 Å². The summed E-state index contributed by atoms with van der Waals surface area (Å²) in [6, 6.07) is 0.396. The molecule has 2 fully saturated rings. The molecule has 2 aliphatic heterocycles. The van der Waals surface area contributed by atoms with Crippen molar-refractivity contribution in [3.05, 3.63) is 0 Å². The van der Waals surface area contributed by atoms with Crippen LogP contribution in [0.5, 0.6) is 0 Å². The first-order valence-corrected chi connectivity index (χ1v) is 10.6. The van der Waals surface area contributed by atoms with E-state index in [1.165, 1.54) is 4.31 Å². The van der Waals surface area contributed by atoms with Crippen molar-refractivity contribution >= 4 is 21.0 Å². The molecule has 6 nitrogen and oxygen atoms in total. The summed E-state index contributed by atoms with van der Waals surface area (Å²) in [4.78, 5) is 0. The van der Waals surface area contributed by atoms with Gasteiger partial charge in [-0.05, 0) is 12.8 Å². The zero-order valence-electron chi connectivity index (χ0n) is 13.0. The molecular formula is C13H27N3O3S2. The lowest BCUT2D eigenvalue weighted by Gasteiger charge is -2.39. The molecule has 0 bridgehead atoms. The maximum Gasteiger partial charge on any atom is 0.282 e. The molecule has 2 heterocycles. The van der Waals surface area contributed by atoms with E-state index in [9.17, 15) is 12.6 Å². The quantitative estimate of drug-likeness (QED) is 0.775. The van der Waals surface area contributed by atoms with E-state index in [-0.39, 0.29) is 6.04 Å². The van der Waals surface area contributed by atoms with E-state index in [4.69, 9.17) is 0 Å². The van der Waals surface area contributed by atoms with Crippen molar-refractivity contribution in [1.29, 1.82) is 0 Å². The number of nitrogens with zero attached hydrogens (tertiary/aromatic N) is 2. The summed E-state index contributed by atoms with van der Waals surface area (Å²) in [5.74, 6) is 0.921. The van der Waals surface area contributed by atoms with Gasteiger partial charge < -0.3 is 5.32 Å². The highest BCUT2D eigenvalue weighted by Crippen LogP contribution is 2.23. The second-order valence-corrected chi connectivity index (χ2v) is 9.66. The minimum atomic E-state index is -3.41. The van der Waals surface area contributed by atoms with Gasteiger partial charge >= 0.3 is 0 Å². The zero-order chi connectivity index (χ0) is 15.5. The first kappa shape index (κ1) is 17.3. The lowest BCUT2D eigenvalue weighted by atomic mass is 10.0. The van der Waals surface area contributed by atoms with Crippen molar-refractivity contribution in [1.82, 2.24) is 13.9 Å². The van der Waals surface area contributed by atoms with Gasteiger partial charge in [-0.15, -0.1) is 0 Å². The molecule has 1 atom stereocenters. The fraction of sp³-hybridized carbons (Fsp3) is 1.00. The molecule has 1 N–H and O–H groups in total. The molecule has 2 aliphatic rings. The van der Waals surface area contributed by atoms with Gasteiger partial charge in [0.25, 0.3) is 10.2 Å². The molecule has 0 aromatic rings. The van der Waals surface area contributed by atoms with Gasteiger partial charge in [0, 0.05) is 60.6 Å². The van der Waals surface area contributed by atoms with E-state index in [0.29, 0.717) is 43.7 Å². The van der Waals surface area contributed by atoms with Gasteiger partial charge in [0.15, 0.2) is 0 Å². The number of rotatable bonds is 5. The fourth-order valence-corrected chi connectivity index (χ4v) is 5.99. The monoisotopic (exact) mass is 337 g/mol. The largest absolute Gasteiger partial charge is 0.313 e. The predicted molar refractivity (Wildman–Crippen MR) is 85.9 cm³/mol. The van der Waals surface area contributed by atoms with Crippen LogP contribution in [-0.2, 0) is 21.0 Å². The van der Waals surface area contributed by atoms with Crippen molar-refractivity contribution in [2.24, 2.45) is 0 Å². The Labute approximate surface area is 130 Å². The molecule has 2 saturated heterocycles. The van der Waals surface area contributed by atoms with Crippen LogP contribution in [0.1, 0.15) is 33.1 Å². The topological polar surface area (TPSA) is 69.7 Å². The fourth-order valence-electron chi connectivity index (χ4n) is 2.85. The molecule has 1 unspecified atom stereocenters. The highest BCUT2D eigenvalue weighted by atomic mass is 32.2. The minimum absolute atomic E-state index is 0.0403. The Morgan fingerprint density at radius 1 is 1.19 bits per heavy atom. The third kappa shape index (κ3) is 4.48. The average molecular weight is 338 g/mol. The third-order valence-electron chi connectivity index (χ3n) is 4.09. The lowest BCUT2D eigenvalue weighted by Crippen LogP contribution is -2.56. The summed E-state index contributed by atoms with van der Waals surface area (Å²) in [5, 5.41) is 3.35. The summed E-state index contributed by atoms with van der Waals surface area (Å²) < 4.78 is 40.3. The van der Waals surface area contributed by atoms with Gasteiger partial charge in [-0.3, -0.25) is 4.21 Å². The normalized spacial score (nSPS) is 27.3. The Bertz CT molecular complexity index is 457. The van der Waals surface area contributed by atoms with Gasteiger partial charge in [0.1, 0.15) is 0 Å². The van der Waals surface area contributed by atoms with E-state index in [1.54, 1.807) is 4.31 Å². The van der Waals surface area contributed by atoms with E-state index < -0.39 is 21.0 Å². The number of hydrogen-bond acceptors (Lipinski definition) is 4. The first-order chi connectivity index (χ1) is 9.91. The molecule has 8 heteroatoms. The summed E-state index contributed by atoms with van der Waals surface area (Å²) >= 11 is 0. The molecule has 0 saturated carbocycles. The molecule has 21 heavy (non-hydrogen) atoms. The molecule has 0 amide bonds. The van der Waals surface area contributed by atoms with Gasteiger partial charge in [-0.25, -0.2) is 0 Å². The highest BCUT2D eigenvalue weighted by molar-refractivity contribution is 7.87. The second kappa shape index (κ2) is 7.50. The van der Waals surface area contributed by atoms with Crippen LogP contribution in [0, 0.1) is 0 Å². The minimum Gasteiger partial charge on any atom is -0.313 e. The Kier molecular flexibility index (Phi) is 6.19. The number of piperidine rings is 1. The number of nitrogens with one attached hydrogen (secondary N) is 1. The summed E-state index contributed by atoms with van der Waals surface area (Å²) in [6.45, 7) is 6.22. The highest BCUT2D eigenvalue weighted by Gasteiger charge is 2.37. The van der Waals surface area contributed by atoms with Crippen molar-refractivity contribution in [3.8, 4) is 0 Å². The maximum atomic E-state index is 12.8. The Morgan fingerprint density at radius 3 is 2.48 bits per heavy atom. The lowest BCUT2D eigenvalue weighted by molar-refractivity contribution is 0.225. The van der Waals surface area contributed by atoms with E-state index in [1.807, 2.05) is 0 Å². The Hall–Kier alpha value is -0.0200. The second-order valence-electron chi connectivity index (χ2n) is 6.08. The van der Waals surface area contributed by atoms with Crippen LogP contribution < -0.4 is 5.32 Å².